The Bertz CT molecular complexity index is 398. The SMILES string of the molecule is CCCCCCCCCN(CCCCCCCC(=O)OC)CC(=O)OCC(C)C. The molecular formula is C24H47NO4. The summed E-state index contributed by atoms with van der Waals surface area (Å²) in [6.45, 7) is 9.20. The quantitative estimate of drug-likeness (QED) is 0.188. The third-order valence-electron chi connectivity index (χ3n) is 5.09. The molecule has 0 aliphatic rings. The third-order valence-corrected chi connectivity index (χ3v) is 5.09. The van der Waals surface area contributed by atoms with Crippen LogP contribution >= 0.6 is 0 Å². The fourth-order valence-corrected chi connectivity index (χ4v) is 3.29. The predicted octanol–water partition coefficient (Wildman–Crippen LogP) is 5.75. The van der Waals surface area contributed by atoms with Gasteiger partial charge in [-0.05, 0) is 38.3 Å². The van der Waals surface area contributed by atoms with E-state index in [-0.39, 0.29) is 11.9 Å². The van der Waals surface area contributed by atoms with Gasteiger partial charge >= 0.3 is 11.9 Å². The second kappa shape index (κ2) is 20.2. The smallest absolute Gasteiger partial charge is 0.320 e. The number of unbranched alkanes of at least 4 members (excludes halogenated alkanes) is 10. The van der Waals surface area contributed by atoms with Gasteiger partial charge in [0, 0.05) is 6.42 Å². The van der Waals surface area contributed by atoms with Crippen LogP contribution in [0.25, 0.3) is 0 Å². The van der Waals surface area contributed by atoms with Crippen LogP contribution in [0.4, 0.5) is 0 Å². The van der Waals surface area contributed by atoms with Crippen molar-refractivity contribution in [1.82, 2.24) is 4.90 Å². The second-order valence-electron chi connectivity index (χ2n) is 8.57. The largest absolute Gasteiger partial charge is 0.469 e. The third kappa shape index (κ3) is 20.0. The highest BCUT2D eigenvalue weighted by molar-refractivity contribution is 5.71. The highest BCUT2D eigenvalue weighted by atomic mass is 16.5. The van der Waals surface area contributed by atoms with Crippen molar-refractivity contribution in [2.24, 2.45) is 5.92 Å². The van der Waals surface area contributed by atoms with E-state index >= 15 is 0 Å². The average molecular weight is 414 g/mol. The molecule has 0 heterocycles. The minimum Gasteiger partial charge on any atom is -0.469 e. The molecule has 172 valence electrons. The normalized spacial score (nSPS) is 11.2. The Hall–Kier alpha value is -1.10. The fraction of sp³-hybridized carbons (Fsp3) is 0.917. The average Bonchev–Trinajstić information content (AvgIpc) is 2.70. The summed E-state index contributed by atoms with van der Waals surface area (Å²) in [6, 6.07) is 0. The topological polar surface area (TPSA) is 55.8 Å². The maximum atomic E-state index is 12.1. The van der Waals surface area contributed by atoms with Crippen molar-refractivity contribution in [3.05, 3.63) is 0 Å². The highest BCUT2D eigenvalue weighted by Crippen LogP contribution is 2.10. The fourth-order valence-electron chi connectivity index (χ4n) is 3.29. The molecule has 0 atom stereocenters. The van der Waals surface area contributed by atoms with Gasteiger partial charge in [0.25, 0.3) is 0 Å². The molecule has 0 aromatic carbocycles. The van der Waals surface area contributed by atoms with E-state index in [0.29, 0.717) is 25.5 Å². The lowest BCUT2D eigenvalue weighted by Gasteiger charge is -2.21. The molecule has 0 fully saturated rings. The summed E-state index contributed by atoms with van der Waals surface area (Å²) in [4.78, 5) is 25.5. The lowest BCUT2D eigenvalue weighted by atomic mass is 10.1. The molecule has 0 radical (unpaired) electrons. The maximum absolute atomic E-state index is 12.1. The van der Waals surface area contributed by atoms with Gasteiger partial charge in [-0.25, -0.2) is 0 Å². The molecule has 0 amide bonds. The van der Waals surface area contributed by atoms with E-state index in [1.54, 1.807) is 0 Å². The standard InChI is InChI=1S/C24H47NO4/c1-5-6-7-8-9-12-15-18-25(20-24(27)29-21-22(2)3)19-16-13-10-11-14-17-23(26)28-4/h22H,5-21H2,1-4H3. The number of carbonyl (C=O) groups excluding carboxylic acids is 2. The second-order valence-corrected chi connectivity index (χ2v) is 8.57. The van der Waals surface area contributed by atoms with E-state index in [1.807, 2.05) is 0 Å². The number of ether oxygens (including phenoxy) is 2. The monoisotopic (exact) mass is 413 g/mol. The van der Waals surface area contributed by atoms with E-state index in [9.17, 15) is 9.59 Å². The van der Waals surface area contributed by atoms with Crippen LogP contribution in [-0.2, 0) is 19.1 Å². The number of hydrogen-bond acceptors (Lipinski definition) is 5. The van der Waals surface area contributed by atoms with E-state index in [0.717, 1.165) is 51.6 Å². The molecule has 0 N–H and O–H groups in total. The zero-order valence-electron chi connectivity index (χ0n) is 19.7. The van der Waals surface area contributed by atoms with Crippen LogP contribution in [0.1, 0.15) is 104 Å². The zero-order chi connectivity index (χ0) is 21.7. The summed E-state index contributed by atoms with van der Waals surface area (Å²) < 4.78 is 10.0. The molecule has 0 aliphatic carbocycles. The van der Waals surface area contributed by atoms with Crippen LogP contribution in [0, 0.1) is 5.92 Å². The van der Waals surface area contributed by atoms with E-state index in [1.165, 1.54) is 45.6 Å². The molecular weight excluding hydrogens is 366 g/mol. The molecule has 0 rings (SSSR count). The molecule has 0 aromatic heterocycles. The van der Waals surface area contributed by atoms with Crippen molar-refractivity contribution in [2.45, 2.75) is 104 Å². The van der Waals surface area contributed by atoms with Gasteiger partial charge in [-0.3, -0.25) is 14.5 Å². The van der Waals surface area contributed by atoms with Crippen LogP contribution in [0.2, 0.25) is 0 Å². The van der Waals surface area contributed by atoms with Crippen molar-refractivity contribution in [3.63, 3.8) is 0 Å². The van der Waals surface area contributed by atoms with E-state index in [2.05, 4.69) is 30.4 Å². The first-order chi connectivity index (χ1) is 14.0. The Morgan fingerprint density at radius 2 is 1.28 bits per heavy atom. The first-order valence-electron chi connectivity index (χ1n) is 11.9. The molecule has 0 unspecified atom stereocenters. The van der Waals surface area contributed by atoms with Gasteiger partial charge in [0.05, 0.1) is 20.3 Å². The lowest BCUT2D eigenvalue weighted by Crippen LogP contribution is -2.33. The van der Waals surface area contributed by atoms with Crippen LogP contribution in [0.15, 0.2) is 0 Å². The number of rotatable bonds is 20. The van der Waals surface area contributed by atoms with Crippen molar-refractivity contribution < 1.29 is 19.1 Å². The number of nitrogens with zero attached hydrogens (tertiary/aromatic N) is 1. The van der Waals surface area contributed by atoms with E-state index in [4.69, 9.17) is 4.74 Å². The molecule has 5 nitrogen and oxygen atoms in total. The summed E-state index contributed by atoms with van der Waals surface area (Å²) in [6.07, 6.45) is 14.8. The summed E-state index contributed by atoms with van der Waals surface area (Å²) in [5.74, 6) is 0.158. The van der Waals surface area contributed by atoms with Gasteiger partial charge in [0.15, 0.2) is 0 Å². The molecule has 0 saturated heterocycles. The van der Waals surface area contributed by atoms with Gasteiger partial charge in [0.2, 0.25) is 0 Å². The molecule has 5 heteroatoms. The van der Waals surface area contributed by atoms with Crippen molar-refractivity contribution in [3.8, 4) is 0 Å². The minimum atomic E-state index is -0.120. The molecule has 29 heavy (non-hydrogen) atoms. The van der Waals surface area contributed by atoms with Crippen LogP contribution in [0.3, 0.4) is 0 Å². The van der Waals surface area contributed by atoms with Gasteiger partial charge in [0.1, 0.15) is 0 Å². The number of carbonyl (C=O) groups is 2. The van der Waals surface area contributed by atoms with Crippen LogP contribution in [0.5, 0.6) is 0 Å². The van der Waals surface area contributed by atoms with E-state index < -0.39 is 0 Å². The first-order valence-corrected chi connectivity index (χ1v) is 11.9. The molecule has 0 aliphatic heterocycles. The summed E-state index contributed by atoms with van der Waals surface area (Å²) in [5, 5.41) is 0. The first kappa shape index (κ1) is 27.9. The Kier molecular flexibility index (Phi) is 19.4. The van der Waals surface area contributed by atoms with Crippen molar-refractivity contribution in [1.29, 1.82) is 0 Å². The van der Waals surface area contributed by atoms with Gasteiger partial charge in [-0.15, -0.1) is 0 Å². The lowest BCUT2D eigenvalue weighted by molar-refractivity contribution is -0.146. The molecule has 0 spiro atoms. The zero-order valence-corrected chi connectivity index (χ0v) is 19.7. The number of esters is 2. The molecule has 0 bridgehead atoms. The van der Waals surface area contributed by atoms with Crippen molar-refractivity contribution in [2.75, 3.05) is 33.4 Å². The number of hydrogen-bond donors (Lipinski definition) is 0. The summed E-state index contributed by atoms with van der Waals surface area (Å²) >= 11 is 0. The minimum absolute atomic E-state index is 0.0975. The predicted molar refractivity (Wildman–Crippen MR) is 120 cm³/mol. The van der Waals surface area contributed by atoms with Crippen LogP contribution < -0.4 is 0 Å². The maximum Gasteiger partial charge on any atom is 0.320 e. The Balaban J connectivity index is 4.04. The summed E-state index contributed by atoms with van der Waals surface area (Å²) in [7, 11) is 1.44. The van der Waals surface area contributed by atoms with Gasteiger partial charge in [-0.2, -0.15) is 0 Å². The Morgan fingerprint density at radius 1 is 0.759 bits per heavy atom. The van der Waals surface area contributed by atoms with Gasteiger partial charge in [-0.1, -0.05) is 78.6 Å². The Morgan fingerprint density at radius 3 is 1.79 bits per heavy atom. The van der Waals surface area contributed by atoms with Crippen LogP contribution in [-0.4, -0.2) is 50.2 Å². The molecule has 0 aromatic rings. The summed E-state index contributed by atoms with van der Waals surface area (Å²) in [5.41, 5.74) is 0. The highest BCUT2D eigenvalue weighted by Gasteiger charge is 2.12. The molecule has 0 saturated carbocycles. The Labute approximate surface area is 179 Å². The van der Waals surface area contributed by atoms with Crippen molar-refractivity contribution >= 4 is 11.9 Å². The number of methoxy groups -OCH3 is 1. The van der Waals surface area contributed by atoms with Gasteiger partial charge < -0.3 is 9.47 Å².